The first-order valence-corrected chi connectivity index (χ1v) is 10.8. The molecule has 2 heterocycles. The average molecular weight is 454 g/mol. The fourth-order valence-electron chi connectivity index (χ4n) is 3.52. The number of esters is 1. The Labute approximate surface area is 196 Å². The third-order valence-corrected chi connectivity index (χ3v) is 5.20. The van der Waals surface area contributed by atoms with Crippen molar-refractivity contribution in [2.24, 2.45) is 0 Å². The Balaban J connectivity index is 1.54. The predicted octanol–water partition coefficient (Wildman–Crippen LogP) is 4.54. The molecule has 2 aromatic heterocycles. The molecular weight excluding hydrogens is 430 g/mol. The Morgan fingerprint density at radius 1 is 1.12 bits per heavy atom. The quantitative estimate of drug-likeness (QED) is 0.411. The van der Waals surface area contributed by atoms with Crippen LogP contribution in [0.2, 0.25) is 0 Å². The van der Waals surface area contributed by atoms with Crippen molar-refractivity contribution in [1.29, 1.82) is 5.26 Å². The number of ether oxygens (including phenoxy) is 1. The second-order valence-corrected chi connectivity index (χ2v) is 8.00. The normalized spacial score (nSPS) is 10.8. The smallest absolute Gasteiger partial charge is 0.339 e. The van der Waals surface area contributed by atoms with E-state index >= 15 is 0 Å². The molecule has 1 amide bonds. The highest BCUT2D eigenvalue weighted by atomic mass is 16.5. The van der Waals surface area contributed by atoms with Gasteiger partial charge in [0.25, 0.3) is 5.91 Å². The zero-order chi connectivity index (χ0) is 24.1. The van der Waals surface area contributed by atoms with Gasteiger partial charge in [-0.05, 0) is 37.6 Å². The predicted molar refractivity (Wildman–Crippen MR) is 128 cm³/mol. The Bertz CT molecular complexity index is 1370. The zero-order valence-corrected chi connectivity index (χ0v) is 18.9. The number of pyridine rings is 1. The van der Waals surface area contributed by atoms with E-state index in [1.807, 2.05) is 44.2 Å². The molecular formula is C26H23N5O3. The molecule has 0 fully saturated rings. The molecule has 4 aromatic rings. The van der Waals surface area contributed by atoms with Crippen LogP contribution in [-0.2, 0) is 16.0 Å². The van der Waals surface area contributed by atoms with Crippen LogP contribution in [0, 0.1) is 11.3 Å². The maximum absolute atomic E-state index is 13.0. The average Bonchev–Trinajstić information content (AvgIpc) is 3.28. The number of rotatable bonds is 7. The van der Waals surface area contributed by atoms with Gasteiger partial charge in [-0.25, -0.2) is 14.5 Å². The van der Waals surface area contributed by atoms with E-state index in [0.29, 0.717) is 34.4 Å². The lowest BCUT2D eigenvalue weighted by atomic mass is 10.1. The monoisotopic (exact) mass is 453 g/mol. The number of benzene rings is 2. The fraction of sp³-hybridized carbons (Fsp3) is 0.192. The molecule has 1 N–H and O–H groups in total. The van der Waals surface area contributed by atoms with Crippen LogP contribution in [0.15, 0.2) is 66.9 Å². The molecule has 0 aliphatic heterocycles. The van der Waals surface area contributed by atoms with E-state index in [0.717, 1.165) is 11.1 Å². The minimum atomic E-state index is -0.632. The summed E-state index contributed by atoms with van der Waals surface area (Å²) in [5, 5.41) is 16.4. The fourth-order valence-corrected chi connectivity index (χ4v) is 3.52. The van der Waals surface area contributed by atoms with Crippen LogP contribution in [-0.4, -0.2) is 33.2 Å². The number of amides is 1. The number of aromatic nitrogens is 3. The number of nitriles is 1. The Hall–Kier alpha value is -4.51. The van der Waals surface area contributed by atoms with Crippen LogP contribution in [0.5, 0.6) is 0 Å². The Kier molecular flexibility index (Phi) is 6.64. The minimum Gasteiger partial charge on any atom is -0.452 e. The van der Waals surface area contributed by atoms with Crippen LogP contribution >= 0.6 is 0 Å². The van der Waals surface area contributed by atoms with E-state index < -0.39 is 18.5 Å². The summed E-state index contributed by atoms with van der Waals surface area (Å²) in [5.41, 5.74) is 3.75. The summed E-state index contributed by atoms with van der Waals surface area (Å²) in [5.74, 6) is -1.10. The van der Waals surface area contributed by atoms with Gasteiger partial charge in [0.2, 0.25) is 0 Å². The van der Waals surface area contributed by atoms with Gasteiger partial charge in [-0.3, -0.25) is 4.79 Å². The molecule has 0 aliphatic rings. The summed E-state index contributed by atoms with van der Waals surface area (Å²) in [6, 6.07) is 20.2. The molecule has 0 bridgehead atoms. The number of carbonyl (C=O) groups excluding carboxylic acids is 2. The van der Waals surface area contributed by atoms with E-state index in [9.17, 15) is 9.59 Å². The molecule has 0 radical (unpaired) electrons. The molecule has 4 rings (SSSR count). The van der Waals surface area contributed by atoms with Gasteiger partial charge in [0, 0.05) is 17.3 Å². The maximum atomic E-state index is 13.0. The van der Waals surface area contributed by atoms with E-state index in [2.05, 4.69) is 16.5 Å². The SMILES string of the molecule is CC(C)n1ncc2c(C(=O)OCC(=O)Nc3ccc(CC#N)cc3)cc(-c3ccccc3)nc21. The van der Waals surface area contributed by atoms with Gasteiger partial charge in [0.1, 0.15) is 0 Å². The van der Waals surface area contributed by atoms with Gasteiger partial charge >= 0.3 is 5.97 Å². The van der Waals surface area contributed by atoms with E-state index in [-0.39, 0.29) is 6.04 Å². The standard InChI is InChI=1S/C26H23N5O3/c1-17(2)31-25-22(15-28-31)21(14-23(30-25)19-6-4-3-5-7-19)26(33)34-16-24(32)29-20-10-8-18(9-11-20)12-13-27/h3-11,14-15,17H,12,16H2,1-2H3,(H,29,32). The first-order chi connectivity index (χ1) is 16.5. The van der Waals surface area contributed by atoms with Crippen LogP contribution in [0.1, 0.15) is 35.8 Å². The lowest BCUT2D eigenvalue weighted by molar-refractivity contribution is -0.119. The van der Waals surface area contributed by atoms with Gasteiger partial charge in [-0.2, -0.15) is 10.4 Å². The number of carbonyl (C=O) groups is 2. The van der Waals surface area contributed by atoms with Crippen LogP contribution in [0.3, 0.4) is 0 Å². The molecule has 0 saturated heterocycles. The van der Waals surface area contributed by atoms with Crippen molar-refractivity contribution in [2.45, 2.75) is 26.3 Å². The topological polar surface area (TPSA) is 110 Å². The highest BCUT2D eigenvalue weighted by Crippen LogP contribution is 2.26. The molecule has 0 saturated carbocycles. The highest BCUT2D eigenvalue weighted by molar-refractivity contribution is 6.04. The van der Waals surface area contributed by atoms with Crippen LogP contribution < -0.4 is 5.32 Å². The van der Waals surface area contributed by atoms with Gasteiger partial charge in [-0.15, -0.1) is 0 Å². The molecule has 0 spiro atoms. The van der Waals surface area contributed by atoms with Crippen molar-refractivity contribution in [2.75, 3.05) is 11.9 Å². The Morgan fingerprint density at radius 2 is 1.85 bits per heavy atom. The lowest BCUT2D eigenvalue weighted by Crippen LogP contribution is -2.21. The summed E-state index contributed by atoms with van der Waals surface area (Å²) in [6.07, 6.45) is 1.89. The summed E-state index contributed by atoms with van der Waals surface area (Å²) in [6.45, 7) is 3.53. The molecule has 34 heavy (non-hydrogen) atoms. The minimum absolute atomic E-state index is 0.0465. The highest BCUT2D eigenvalue weighted by Gasteiger charge is 2.20. The first-order valence-electron chi connectivity index (χ1n) is 10.8. The lowest BCUT2D eigenvalue weighted by Gasteiger charge is -2.11. The molecule has 8 heteroatoms. The van der Waals surface area contributed by atoms with Crippen molar-refractivity contribution >= 4 is 28.6 Å². The Morgan fingerprint density at radius 3 is 2.53 bits per heavy atom. The summed E-state index contributed by atoms with van der Waals surface area (Å²) in [7, 11) is 0. The second-order valence-electron chi connectivity index (χ2n) is 8.00. The molecule has 2 aromatic carbocycles. The molecule has 8 nitrogen and oxygen atoms in total. The van der Waals surface area contributed by atoms with Crippen molar-refractivity contribution in [1.82, 2.24) is 14.8 Å². The van der Waals surface area contributed by atoms with E-state index in [1.54, 1.807) is 41.2 Å². The number of anilines is 1. The largest absolute Gasteiger partial charge is 0.452 e. The molecule has 0 atom stereocenters. The van der Waals surface area contributed by atoms with Crippen molar-refractivity contribution < 1.29 is 14.3 Å². The number of fused-ring (bicyclic) bond motifs is 1. The van der Waals surface area contributed by atoms with Gasteiger partial charge in [0.15, 0.2) is 12.3 Å². The van der Waals surface area contributed by atoms with Crippen molar-refractivity contribution in [3.8, 4) is 17.3 Å². The zero-order valence-electron chi connectivity index (χ0n) is 18.9. The number of hydrogen-bond acceptors (Lipinski definition) is 6. The van der Waals surface area contributed by atoms with Crippen molar-refractivity contribution in [3.05, 3.63) is 78.0 Å². The van der Waals surface area contributed by atoms with Gasteiger partial charge in [-0.1, -0.05) is 42.5 Å². The first kappa shape index (κ1) is 22.7. The molecule has 0 unspecified atom stereocenters. The third-order valence-electron chi connectivity index (χ3n) is 5.20. The van der Waals surface area contributed by atoms with E-state index in [1.165, 1.54) is 0 Å². The van der Waals surface area contributed by atoms with Crippen LogP contribution in [0.25, 0.3) is 22.3 Å². The summed E-state index contributed by atoms with van der Waals surface area (Å²) >= 11 is 0. The van der Waals surface area contributed by atoms with E-state index in [4.69, 9.17) is 15.0 Å². The summed E-state index contributed by atoms with van der Waals surface area (Å²) < 4.78 is 7.09. The van der Waals surface area contributed by atoms with Crippen LogP contribution in [0.4, 0.5) is 5.69 Å². The van der Waals surface area contributed by atoms with Crippen molar-refractivity contribution in [3.63, 3.8) is 0 Å². The van der Waals surface area contributed by atoms with Gasteiger partial charge < -0.3 is 10.1 Å². The summed E-state index contributed by atoms with van der Waals surface area (Å²) in [4.78, 5) is 30.1. The number of nitrogens with zero attached hydrogens (tertiary/aromatic N) is 4. The number of hydrogen-bond donors (Lipinski definition) is 1. The molecule has 0 aliphatic carbocycles. The maximum Gasteiger partial charge on any atom is 0.339 e. The second kappa shape index (κ2) is 9.96. The third kappa shape index (κ3) is 4.94. The molecule has 170 valence electrons. The number of nitrogens with one attached hydrogen (secondary N) is 1. The van der Waals surface area contributed by atoms with Gasteiger partial charge in [0.05, 0.1) is 35.3 Å².